The minimum Gasteiger partial charge on any atom is -0.496 e. The van der Waals surface area contributed by atoms with Crippen molar-refractivity contribution in [2.75, 3.05) is 7.11 Å². The Kier molecular flexibility index (Phi) is 3.23. The SMILES string of the molecule is COc1cccc(F)c1/C=C/C(=O)O. The number of ether oxygens (including phenoxy) is 1. The van der Waals surface area contributed by atoms with E-state index in [0.29, 0.717) is 5.75 Å². The van der Waals surface area contributed by atoms with Crippen LogP contribution in [0.25, 0.3) is 6.08 Å². The second kappa shape index (κ2) is 4.41. The molecule has 0 aliphatic carbocycles. The van der Waals surface area contributed by atoms with Crippen molar-refractivity contribution in [2.45, 2.75) is 0 Å². The van der Waals surface area contributed by atoms with Crippen LogP contribution < -0.4 is 4.74 Å². The van der Waals surface area contributed by atoms with Gasteiger partial charge in [-0.05, 0) is 18.2 Å². The first kappa shape index (κ1) is 10.2. The summed E-state index contributed by atoms with van der Waals surface area (Å²) in [5, 5.41) is 8.38. The topological polar surface area (TPSA) is 46.5 Å². The van der Waals surface area contributed by atoms with Crippen molar-refractivity contribution in [3.05, 3.63) is 35.7 Å². The van der Waals surface area contributed by atoms with Crippen LogP contribution in [-0.2, 0) is 4.79 Å². The van der Waals surface area contributed by atoms with E-state index in [-0.39, 0.29) is 5.56 Å². The van der Waals surface area contributed by atoms with Crippen LogP contribution in [0.5, 0.6) is 5.75 Å². The van der Waals surface area contributed by atoms with Crippen LogP contribution in [0.3, 0.4) is 0 Å². The van der Waals surface area contributed by atoms with Gasteiger partial charge in [-0.25, -0.2) is 9.18 Å². The van der Waals surface area contributed by atoms with Gasteiger partial charge in [-0.1, -0.05) is 6.07 Å². The number of hydrogen-bond donors (Lipinski definition) is 1. The lowest BCUT2D eigenvalue weighted by molar-refractivity contribution is -0.131. The Balaban J connectivity index is 3.11. The van der Waals surface area contributed by atoms with Crippen molar-refractivity contribution in [3.8, 4) is 5.75 Å². The maximum absolute atomic E-state index is 13.2. The molecule has 0 saturated heterocycles. The summed E-state index contributed by atoms with van der Waals surface area (Å²) < 4.78 is 18.0. The van der Waals surface area contributed by atoms with Gasteiger partial charge in [0.1, 0.15) is 11.6 Å². The maximum Gasteiger partial charge on any atom is 0.328 e. The Hall–Kier alpha value is -1.84. The van der Waals surface area contributed by atoms with Crippen molar-refractivity contribution in [2.24, 2.45) is 0 Å². The minimum atomic E-state index is -1.13. The molecule has 0 aliphatic heterocycles. The summed E-state index contributed by atoms with van der Waals surface area (Å²) >= 11 is 0. The van der Waals surface area contributed by atoms with Crippen LogP contribution in [0.1, 0.15) is 5.56 Å². The zero-order valence-electron chi connectivity index (χ0n) is 7.53. The lowest BCUT2D eigenvalue weighted by atomic mass is 10.1. The molecule has 0 aromatic heterocycles. The van der Waals surface area contributed by atoms with E-state index in [2.05, 4.69) is 0 Å². The van der Waals surface area contributed by atoms with Gasteiger partial charge in [0, 0.05) is 6.08 Å². The zero-order valence-corrected chi connectivity index (χ0v) is 7.53. The molecule has 0 heterocycles. The number of rotatable bonds is 3. The summed E-state index contributed by atoms with van der Waals surface area (Å²) in [4.78, 5) is 10.2. The largest absolute Gasteiger partial charge is 0.496 e. The average molecular weight is 196 g/mol. The van der Waals surface area contributed by atoms with Crippen LogP contribution >= 0.6 is 0 Å². The number of halogens is 1. The van der Waals surface area contributed by atoms with Crippen molar-refractivity contribution >= 4 is 12.0 Å². The number of methoxy groups -OCH3 is 1. The normalized spacial score (nSPS) is 10.4. The molecule has 0 aliphatic rings. The average Bonchev–Trinajstić information content (AvgIpc) is 2.15. The lowest BCUT2D eigenvalue weighted by Gasteiger charge is -2.04. The molecule has 1 rings (SSSR count). The van der Waals surface area contributed by atoms with E-state index in [9.17, 15) is 9.18 Å². The molecule has 1 N–H and O–H groups in total. The Morgan fingerprint density at radius 2 is 2.29 bits per heavy atom. The second-order valence-corrected chi connectivity index (χ2v) is 2.53. The number of aliphatic carboxylic acids is 1. The van der Waals surface area contributed by atoms with E-state index in [1.54, 1.807) is 6.07 Å². The van der Waals surface area contributed by atoms with Crippen molar-refractivity contribution < 1.29 is 19.0 Å². The molecule has 0 atom stereocenters. The molecular formula is C10H9FO3. The van der Waals surface area contributed by atoms with Crippen LogP contribution in [0.15, 0.2) is 24.3 Å². The summed E-state index contributed by atoms with van der Waals surface area (Å²) in [6.07, 6.45) is 2.03. The zero-order chi connectivity index (χ0) is 10.6. The minimum absolute atomic E-state index is 0.136. The molecule has 3 nitrogen and oxygen atoms in total. The first-order chi connectivity index (χ1) is 6.65. The van der Waals surface area contributed by atoms with Crippen molar-refractivity contribution in [1.82, 2.24) is 0 Å². The number of benzene rings is 1. The standard InChI is InChI=1S/C10H9FO3/c1-14-9-4-2-3-8(11)7(9)5-6-10(12)13/h2-6H,1H3,(H,12,13)/b6-5+. The molecule has 0 saturated carbocycles. The van der Waals surface area contributed by atoms with E-state index in [4.69, 9.17) is 9.84 Å². The van der Waals surface area contributed by atoms with Gasteiger partial charge in [-0.15, -0.1) is 0 Å². The highest BCUT2D eigenvalue weighted by Crippen LogP contribution is 2.22. The Bertz CT molecular complexity index is 372. The molecule has 0 unspecified atom stereocenters. The molecule has 0 radical (unpaired) electrons. The monoisotopic (exact) mass is 196 g/mol. The van der Waals surface area contributed by atoms with Gasteiger partial charge in [-0.2, -0.15) is 0 Å². The van der Waals surface area contributed by atoms with E-state index in [1.165, 1.54) is 19.2 Å². The first-order valence-corrected chi connectivity index (χ1v) is 3.88. The second-order valence-electron chi connectivity index (χ2n) is 2.53. The Labute approximate surface area is 80.4 Å². The quantitative estimate of drug-likeness (QED) is 0.751. The Morgan fingerprint density at radius 3 is 2.86 bits per heavy atom. The summed E-state index contributed by atoms with van der Waals surface area (Å²) in [6.45, 7) is 0. The molecule has 0 fully saturated rings. The molecule has 0 amide bonds. The van der Waals surface area contributed by atoms with Gasteiger partial charge in [0.05, 0.1) is 12.7 Å². The van der Waals surface area contributed by atoms with Gasteiger partial charge in [0.2, 0.25) is 0 Å². The lowest BCUT2D eigenvalue weighted by Crippen LogP contribution is -1.92. The molecule has 1 aromatic carbocycles. The van der Waals surface area contributed by atoms with Gasteiger partial charge in [0.15, 0.2) is 0 Å². The van der Waals surface area contributed by atoms with E-state index in [0.717, 1.165) is 12.2 Å². The third kappa shape index (κ3) is 2.32. The molecule has 14 heavy (non-hydrogen) atoms. The Morgan fingerprint density at radius 1 is 1.57 bits per heavy atom. The fraction of sp³-hybridized carbons (Fsp3) is 0.100. The summed E-state index contributed by atoms with van der Waals surface area (Å²) in [6, 6.07) is 4.29. The number of carbonyl (C=O) groups is 1. The number of carboxylic acid groups (broad SMARTS) is 1. The van der Waals surface area contributed by atoms with E-state index in [1.807, 2.05) is 0 Å². The summed E-state index contributed by atoms with van der Waals surface area (Å²) in [5.74, 6) is -1.33. The number of hydrogen-bond acceptors (Lipinski definition) is 2. The fourth-order valence-electron chi connectivity index (χ4n) is 1.01. The fourth-order valence-corrected chi connectivity index (χ4v) is 1.01. The predicted octanol–water partition coefficient (Wildman–Crippen LogP) is 1.93. The smallest absolute Gasteiger partial charge is 0.328 e. The van der Waals surface area contributed by atoms with E-state index >= 15 is 0 Å². The summed E-state index contributed by atoms with van der Waals surface area (Å²) in [7, 11) is 1.40. The molecular weight excluding hydrogens is 187 g/mol. The van der Waals surface area contributed by atoms with Crippen LogP contribution in [0.4, 0.5) is 4.39 Å². The van der Waals surface area contributed by atoms with Crippen molar-refractivity contribution in [3.63, 3.8) is 0 Å². The molecule has 74 valence electrons. The van der Waals surface area contributed by atoms with Gasteiger partial charge < -0.3 is 9.84 Å². The van der Waals surface area contributed by atoms with Crippen LogP contribution in [-0.4, -0.2) is 18.2 Å². The van der Waals surface area contributed by atoms with Crippen LogP contribution in [0, 0.1) is 5.82 Å². The van der Waals surface area contributed by atoms with Gasteiger partial charge in [-0.3, -0.25) is 0 Å². The highest BCUT2D eigenvalue weighted by atomic mass is 19.1. The molecule has 1 aromatic rings. The maximum atomic E-state index is 13.2. The van der Waals surface area contributed by atoms with Crippen LogP contribution in [0.2, 0.25) is 0 Å². The predicted molar refractivity (Wildman–Crippen MR) is 49.6 cm³/mol. The molecule has 0 spiro atoms. The number of carboxylic acids is 1. The third-order valence-corrected chi connectivity index (χ3v) is 1.63. The molecule has 4 heteroatoms. The third-order valence-electron chi connectivity index (χ3n) is 1.63. The van der Waals surface area contributed by atoms with Gasteiger partial charge in [0.25, 0.3) is 0 Å². The first-order valence-electron chi connectivity index (χ1n) is 3.88. The van der Waals surface area contributed by atoms with Crippen molar-refractivity contribution in [1.29, 1.82) is 0 Å². The molecule has 0 bridgehead atoms. The summed E-state index contributed by atoms with van der Waals surface area (Å²) in [5.41, 5.74) is 0.136. The highest BCUT2D eigenvalue weighted by Gasteiger charge is 2.05. The van der Waals surface area contributed by atoms with E-state index < -0.39 is 11.8 Å². The highest BCUT2D eigenvalue weighted by molar-refractivity contribution is 5.85. The van der Waals surface area contributed by atoms with Gasteiger partial charge >= 0.3 is 5.97 Å².